The molecule has 0 bridgehead atoms. The Bertz CT molecular complexity index is 1510. The second-order valence-corrected chi connectivity index (χ2v) is 11.1. The summed E-state index contributed by atoms with van der Waals surface area (Å²) in [7, 11) is 0. The fraction of sp³-hybridized carbons (Fsp3) is 0.281. The lowest BCUT2D eigenvalue weighted by atomic mass is 9.92. The summed E-state index contributed by atoms with van der Waals surface area (Å²) in [5, 5.41) is 4.29. The van der Waals surface area contributed by atoms with Crippen molar-refractivity contribution >= 4 is 28.6 Å². The van der Waals surface area contributed by atoms with Crippen LogP contribution in [0, 0.1) is 5.41 Å². The van der Waals surface area contributed by atoms with E-state index in [9.17, 15) is 4.79 Å². The van der Waals surface area contributed by atoms with Crippen molar-refractivity contribution in [3.8, 4) is 11.5 Å². The maximum Gasteiger partial charge on any atom is 0.231 e. The monoisotopic (exact) mass is 507 g/mol. The first-order chi connectivity index (χ1) is 18.4. The molecule has 0 saturated carbocycles. The maximum atomic E-state index is 12.3. The third kappa shape index (κ3) is 4.68. The molecule has 1 aromatic heterocycles. The summed E-state index contributed by atoms with van der Waals surface area (Å²) >= 11 is 0. The molecular weight excluding hydrogens is 474 g/mol. The maximum absolute atomic E-state index is 12.3. The second kappa shape index (κ2) is 9.69. The van der Waals surface area contributed by atoms with Crippen LogP contribution in [0.1, 0.15) is 49.2 Å². The minimum atomic E-state index is -0.424. The number of nitrogens with zero attached hydrogens (tertiary/aromatic N) is 1. The average Bonchev–Trinajstić information content (AvgIpc) is 3.53. The normalized spacial score (nSPS) is 17.2. The van der Waals surface area contributed by atoms with Crippen LogP contribution in [0.25, 0.3) is 17.0 Å². The highest BCUT2D eigenvalue weighted by atomic mass is 16.7. The molecule has 2 aliphatic rings. The predicted octanol–water partition coefficient (Wildman–Crippen LogP) is 6.54. The number of hydrogen-bond acceptors (Lipinski definition) is 4. The molecule has 0 spiro atoms. The molecule has 6 rings (SSSR count). The van der Waals surface area contributed by atoms with Crippen LogP contribution in [0.4, 0.5) is 5.69 Å². The van der Waals surface area contributed by atoms with Crippen LogP contribution < -0.4 is 14.8 Å². The summed E-state index contributed by atoms with van der Waals surface area (Å²) in [4.78, 5) is 18.5. The van der Waals surface area contributed by atoms with Gasteiger partial charge in [-0.15, -0.1) is 0 Å². The minimum Gasteiger partial charge on any atom is -0.454 e. The van der Waals surface area contributed by atoms with E-state index in [1.54, 1.807) is 0 Å². The zero-order valence-electron chi connectivity index (χ0n) is 22.1. The van der Waals surface area contributed by atoms with Crippen molar-refractivity contribution in [3.63, 3.8) is 0 Å². The average molecular weight is 508 g/mol. The van der Waals surface area contributed by atoms with E-state index in [2.05, 4.69) is 63.8 Å². The van der Waals surface area contributed by atoms with Crippen LogP contribution in [0.15, 0.2) is 72.8 Å². The Morgan fingerprint density at radius 2 is 1.84 bits per heavy atom. The molecule has 6 nitrogen and oxygen atoms in total. The van der Waals surface area contributed by atoms with E-state index in [4.69, 9.17) is 9.47 Å². The van der Waals surface area contributed by atoms with Crippen LogP contribution in [0.5, 0.6) is 11.5 Å². The molecule has 3 aromatic carbocycles. The Labute approximate surface area is 223 Å². The van der Waals surface area contributed by atoms with Crippen molar-refractivity contribution in [2.24, 2.45) is 5.41 Å². The molecular formula is C32H33N3O3. The Balaban J connectivity index is 1.24. The summed E-state index contributed by atoms with van der Waals surface area (Å²) in [6.45, 7) is 7.76. The van der Waals surface area contributed by atoms with Gasteiger partial charge in [0, 0.05) is 40.8 Å². The number of anilines is 1. The smallest absolute Gasteiger partial charge is 0.231 e. The van der Waals surface area contributed by atoms with Crippen LogP contribution in [0.3, 0.4) is 0 Å². The highest BCUT2D eigenvalue weighted by Gasteiger charge is 2.32. The van der Waals surface area contributed by atoms with Gasteiger partial charge < -0.3 is 19.8 Å². The number of ether oxygens (including phenoxy) is 2. The molecule has 0 aliphatic carbocycles. The largest absolute Gasteiger partial charge is 0.454 e. The van der Waals surface area contributed by atoms with E-state index >= 15 is 0 Å². The van der Waals surface area contributed by atoms with Gasteiger partial charge in [-0.05, 0) is 53.4 Å². The van der Waals surface area contributed by atoms with E-state index in [1.165, 1.54) is 27.7 Å². The van der Waals surface area contributed by atoms with Crippen molar-refractivity contribution in [2.75, 3.05) is 25.2 Å². The van der Waals surface area contributed by atoms with Crippen molar-refractivity contribution < 1.29 is 14.3 Å². The summed E-state index contributed by atoms with van der Waals surface area (Å²) in [5.74, 6) is 1.62. The molecule has 1 atom stereocenters. The Morgan fingerprint density at radius 3 is 2.66 bits per heavy atom. The summed E-state index contributed by atoms with van der Waals surface area (Å²) in [6, 6.07) is 22.9. The molecule has 194 valence electrons. The van der Waals surface area contributed by atoms with Crippen LogP contribution >= 0.6 is 0 Å². The number of carbonyl (C=O) groups excluding carboxylic acids is 1. The number of nitrogens with one attached hydrogen (secondary N) is 2. The molecule has 1 unspecified atom stereocenters. The van der Waals surface area contributed by atoms with E-state index < -0.39 is 5.41 Å². The molecule has 2 aliphatic heterocycles. The number of fused-ring (bicyclic) bond motifs is 4. The number of benzene rings is 3. The first-order valence-corrected chi connectivity index (χ1v) is 13.2. The first-order valence-electron chi connectivity index (χ1n) is 13.2. The van der Waals surface area contributed by atoms with Crippen molar-refractivity contribution in [3.05, 3.63) is 95.2 Å². The fourth-order valence-corrected chi connectivity index (χ4v) is 5.27. The summed E-state index contributed by atoms with van der Waals surface area (Å²) < 4.78 is 11.3. The molecule has 2 N–H and O–H groups in total. The molecule has 0 fully saturated rings. The molecule has 3 heterocycles. The number of aromatic amines is 1. The molecule has 0 radical (unpaired) electrons. The number of rotatable bonds is 5. The zero-order valence-corrected chi connectivity index (χ0v) is 22.1. The van der Waals surface area contributed by atoms with Gasteiger partial charge in [-0.3, -0.25) is 9.69 Å². The van der Waals surface area contributed by atoms with Gasteiger partial charge in [-0.2, -0.15) is 0 Å². The van der Waals surface area contributed by atoms with E-state index in [0.717, 1.165) is 42.3 Å². The molecule has 6 heteroatoms. The summed E-state index contributed by atoms with van der Waals surface area (Å²) in [6.07, 6.45) is 5.36. The first kappa shape index (κ1) is 24.3. The topological polar surface area (TPSA) is 66.6 Å². The number of amides is 1. The van der Waals surface area contributed by atoms with Gasteiger partial charge >= 0.3 is 0 Å². The van der Waals surface area contributed by atoms with Gasteiger partial charge in [0.25, 0.3) is 0 Å². The van der Waals surface area contributed by atoms with E-state index in [0.29, 0.717) is 0 Å². The third-order valence-electron chi connectivity index (χ3n) is 7.35. The number of hydrogen-bond donors (Lipinski definition) is 2. The number of carbonyl (C=O) groups is 1. The SMILES string of the molecule is CC(C)(C)C(=O)Nc1ccc(/C=C/CN2CCc3c([nH]c4ccccc34)C2c2ccc3c(c2)OCO3)cc1. The predicted molar refractivity (Wildman–Crippen MR) is 152 cm³/mol. The highest BCUT2D eigenvalue weighted by molar-refractivity contribution is 5.94. The molecule has 4 aromatic rings. The standard InChI is InChI=1S/C32H33N3O3/c1-32(2,3)31(36)33-23-13-10-21(11-14-23)7-6-17-35-18-16-25-24-8-4-5-9-26(24)34-29(25)30(35)22-12-15-27-28(19-22)38-20-37-27/h4-15,19,30,34H,16-18,20H2,1-3H3,(H,33,36)/b7-6+. The quantitative estimate of drug-likeness (QED) is 0.322. The lowest BCUT2D eigenvalue weighted by molar-refractivity contribution is -0.123. The number of para-hydroxylation sites is 1. The van der Waals surface area contributed by atoms with Gasteiger partial charge in [0.05, 0.1) is 6.04 Å². The molecule has 1 amide bonds. The lowest BCUT2D eigenvalue weighted by Crippen LogP contribution is -2.36. The van der Waals surface area contributed by atoms with Gasteiger partial charge in [-0.1, -0.05) is 69.3 Å². The van der Waals surface area contributed by atoms with Gasteiger partial charge in [-0.25, -0.2) is 0 Å². The highest BCUT2D eigenvalue weighted by Crippen LogP contribution is 2.42. The molecule has 0 saturated heterocycles. The Morgan fingerprint density at radius 1 is 1.05 bits per heavy atom. The van der Waals surface area contributed by atoms with Crippen LogP contribution in [-0.4, -0.2) is 35.7 Å². The Hall–Kier alpha value is -4.03. The fourth-order valence-electron chi connectivity index (χ4n) is 5.27. The number of aromatic nitrogens is 1. The lowest BCUT2D eigenvalue weighted by Gasteiger charge is -2.35. The van der Waals surface area contributed by atoms with Gasteiger partial charge in [0.1, 0.15) is 0 Å². The van der Waals surface area contributed by atoms with E-state index in [1.807, 2.05) is 51.1 Å². The zero-order chi connectivity index (χ0) is 26.3. The van der Waals surface area contributed by atoms with Crippen LogP contribution in [0.2, 0.25) is 0 Å². The van der Waals surface area contributed by atoms with Crippen molar-refractivity contribution in [1.29, 1.82) is 0 Å². The minimum absolute atomic E-state index is 0.0109. The van der Waals surface area contributed by atoms with Gasteiger partial charge in [0.2, 0.25) is 12.7 Å². The van der Waals surface area contributed by atoms with Crippen molar-refractivity contribution in [2.45, 2.75) is 33.2 Å². The molecule has 38 heavy (non-hydrogen) atoms. The van der Waals surface area contributed by atoms with Crippen molar-refractivity contribution in [1.82, 2.24) is 9.88 Å². The summed E-state index contributed by atoms with van der Waals surface area (Å²) in [5.41, 5.74) is 6.51. The number of H-pyrrole nitrogens is 1. The van der Waals surface area contributed by atoms with Crippen LogP contribution in [-0.2, 0) is 11.2 Å². The van der Waals surface area contributed by atoms with E-state index in [-0.39, 0.29) is 18.7 Å². The van der Waals surface area contributed by atoms with Gasteiger partial charge in [0.15, 0.2) is 11.5 Å². The second-order valence-electron chi connectivity index (χ2n) is 11.1. The Kier molecular flexibility index (Phi) is 6.20. The third-order valence-corrected chi connectivity index (χ3v) is 7.35.